The molecular formula is C27H32ClN3O5. The number of esters is 2. The summed E-state index contributed by atoms with van der Waals surface area (Å²) in [5.74, 6) is -2.56. The van der Waals surface area contributed by atoms with Crippen molar-refractivity contribution in [3.05, 3.63) is 63.7 Å². The molecular weight excluding hydrogens is 482 g/mol. The molecule has 4 rings (SSSR count). The zero-order chi connectivity index (χ0) is 25.5. The summed E-state index contributed by atoms with van der Waals surface area (Å²) >= 11 is 6.58. The fourth-order valence-electron chi connectivity index (χ4n) is 4.51. The Morgan fingerprint density at radius 3 is 2.44 bits per heavy atom. The molecule has 1 spiro atoms. The number of carbonyl (C=O) groups excluding carboxylic acids is 3. The van der Waals surface area contributed by atoms with Crippen LogP contribution in [0.2, 0.25) is 5.02 Å². The van der Waals surface area contributed by atoms with Crippen molar-refractivity contribution in [1.82, 2.24) is 10.6 Å². The first-order valence-electron chi connectivity index (χ1n) is 12.5. The molecule has 0 unspecified atom stereocenters. The topological polar surface area (TPSA) is 106 Å². The van der Waals surface area contributed by atoms with Crippen molar-refractivity contribution >= 4 is 35.1 Å². The second kappa shape index (κ2) is 11.8. The first kappa shape index (κ1) is 26.0. The summed E-state index contributed by atoms with van der Waals surface area (Å²) < 4.78 is 11.4. The van der Waals surface area contributed by atoms with Gasteiger partial charge in [0.05, 0.1) is 30.1 Å². The lowest BCUT2D eigenvalue weighted by atomic mass is 9.96. The summed E-state index contributed by atoms with van der Waals surface area (Å²) in [6.07, 6.45) is 3.76. The van der Waals surface area contributed by atoms with Crippen LogP contribution in [0.25, 0.3) is 0 Å². The fraction of sp³-hybridized carbons (Fsp3) is 0.444. The third-order valence-electron chi connectivity index (χ3n) is 6.42. The lowest BCUT2D eigenvalue weighted by Gasteiger charge is -2.32. The summed E-state index contributed by atoms with van der Waals surface area (Å²) in [6.45, 7) is 4.04. The van der Waals surface area contributed by atoms with Crippen molar-refractivity contribution < 1.29 is 23.9 Å². The molecule has 0 radical (unpaired) electrons. The van der Waals surface area contributed by atoms with E-state index in [9.17, 15) is 14.4 Å². The molecule has 2 aromatic rings. The molecule has 2 heterocycles. The molecule has 2 aliphatic rings. The van der Waals surface area contributed by atoms with Crippen LogP contribution < -0.4 is 16.0 Å². The Bertz CT molecular complexity index is 1100. The van der Waals surface area contributed by atoms with Gasteiger partial charge in [-0.2, -0.15) is 0 Å². The highest BCUT2D eigenvalue weighted by Gasteiger charge is 2.45. The first-order valence-corrected chi connectivity index (χ1v) is 12.9. The normalized spacial score (nSPS) is 16.8. The molecule has 1 saturated heterocycles. The predicted molar refractivity (Wildman–Crippen MR) is 137 cm³/mol. The maximum atomic E-state index is 12.3. The van der Waals surface area contributed by atoms with Gasteiger partial charge in [-0.05, 0) is 54.8 Å². The first-order chi connectivity index (χ1) is 17.4. The van der Waals surface area contributed by atoms with Crippen molar-refractivity contribution in [2.75, 3.05) is 25.0 Å². The number of hydrogen-bond donors (Lipinski definition) is 3. The van der Waals surface area contributed by atoms with Gasteiger partial charge in [0.1, 0.15) is 0 Å². The highest BCUT2D eigenvalue weighted by molar-refractivity contribution is 6.33. The van der Waals surface area contributed by atoms with Gasteiger partial charge in [-0.1, -0.05) is 43.5 Å². The molecule has 0 saturated carbocycles. The number of hydrogen-bond acceptors (Lipinski definition) is 7. The van der Waals surface area contributed by atoms with E-state index in [1.54, 1.807) is 12.1 Å². The van der Waals surface area contributed by atoms with Crippen LogP contribution >= 0.6 is 11.6 Å². The highest BCUT2D eigenvalue weighted by Crippen LogP contribution is 2.40. The maximum Gasteiger partial charge on any atom is 0.309 e. The van der Waals surface area contributed by atoms with Crippen LogP contribution in [0.1, 0.15) is 66.1 Å². The molecule has 0 atom stereocenters. The lowest BCUT2D eigenvalue weighted by Crippen LogP contribution is -2.43. The molecule has 2 aliphatic heterocycles. The molecule has 192 valence electrons. The number of benzene rings is 2. The van der Waals surface area contributed by atoms with Gasteiger partial charge in [-0.25, -0.2) is 0 Å². The molecule has 1 amide bonds. The minimum atomic E-state index is -1.52. The van der Waals surface area contributed by atoms with E-state index >= 15 is 0 Å². The Labute approximate surface area is 216 Å². The standard InChI is InChI=1S/C27H32ClN3O5/c1-2-3-4-14-30-26(34)19-7-5-18(6-8-19)16-31-25-20-13-15-29-17-27(21(20)9-10-22(25)28)35-23(32)11-12-24(33)36-27/h5-10,29,31H,2-4,11-17H2,1H3,(H,30,34). The van der Waals surface area contributed by atoms with Gasteiger partial charge in [0.25, 0.3) is 11.7 Å². The number of amides is 1. The average Bonchev–Trinajstić information content (AvgIpc) is 3.13. The average molecular weight is 514 g/mol. The number of halogens is 1. The second-order valence-corrected chi connectivity index (χ2v) is 9.50. The third kappa shape index (κ3) is 5.99. The number of carbonyl (C=O) groups is 3. The summed E-state index contributed by atoms with van der Waals surface area (Å²) in [7, 11) is 0. The zero-order valence-electron chi connectivity index (χ0n) is 20.5. The minimum Gasteiger partial charge on any atom is -0.416 e. The molecule has 8 nitrogen and oxygen atoms in total. The van der Waals surface area contributed by atoms with Gasteiger partial charge < -0.3 is 25.4 Å². The van der Waals surface area contributed by atoms with E-state index < -0.39 is 17.7 Å². The predicted octanol–water partition coefficient (Wildman–Crippen LogP) is 4.05. The largest absolute Gasteiger partial charge is 0.416 e. The van der Waals surface area contributed by atoms with Crippen LogP contribution in [0.4, 0.5) is 5.69 Å². The van der Waals surface area contributed by atoms with Gasteiger partial charge in [0.2, 0.25) is 0 Å². The Kier molecular flexibility index (Phi) is 8.48. The van der Waals surface area contributed by atoms with E-state index in [0.717, 1.165) is 30.4 Å². The van der Waals surface area contributed by atoms with Crippen LogP contribution in [-0.4, -0.2) is 37.5 Å². The molecule has 0 aliphatic carbocycles. The number of nitrogens with one attached hydrogen (secondary N) is 3. The van der Waals surface area contributed by atoms with Crippen LogP contribution in [0.5, 0.6) is 0 Å². The quantitative estimate of drug-likeness (QED) is 0.361. The summed E-state index contributed by atoms with van der Waals surface area (Å²) in [5.41, 5.74) is 3.73. The van der Waals surface area contributed by atoms with Crippen molar-refractivity contribution in [3.8, 4) is 0 Å². The zero-order valence-corrected chi connectivity index (χ0v) is 21.2. The van der Waals surface area contributed by atoms with Gasteiger partial charge >= 0.3 is 11.9 Å². The van der Waals surface area contributed by atoms with Crippen LogP contribution in [0.15, 0.2) is 36.4 Å². The van der Waals surface area contributed by atoms with Crippen LogP contribution in [-0.2, 0) is 37.8 Å². The van der Waals surface area contributed by atoms with Crippen LogP contribution in [0, 0.1) is 0 Å². The number of unbranched alkanes of at least 4 members (excludes halogenated alkanes) is 2. The highest BCUT2D eigenvalue weighted by atomic mass is 35.5. The fourth-order valence-corrected chi connectivity index (χ4v) is 4.75. The van der Waals surface area contributed by atoms with Crippen molar-refractivity contribution in [3.63, 3.8) is 0 Å². The number of ether oxygens (including phenoxy) is 2. The molecule has 3 N–H and O–H groups in total. The van der Waals surface area contributed by atoms with Crippen molar-refractivity contribution in [2.24, 2.45) is 0 Å². The maximum absolute atomic E-state index is 12.3. The van der Waals surface area contributed by atoms with E-state index in [-0.39, 0.29) is 25.3 Å². The van der Waals surface area contributed by atoms with E-state index in [1.807, 2.05) is 24.3 Å². The summed E-state index contributed by atoms with van der Waals surface area (Å²) in [6, 6.07) is 10.9. The van der Waals surface area contributed by atoms with E-state index in [4.69, 9.17) is 21.1 Å². The molecule has 2 aromatic carbocycles. The molecule has 0 aromatic heterocycles. The van der Waals surface area contributed by atoms with Gasteiger partial charge in [0.15, 0.2) is 0 Å². The van der Waals surface area contributed by atoms with Gasteiger partial charge in [-0.3, -0.25) is 14.4 Å². The van der Waals surface area contributed by atoms with Gasteiger partial charge in [0, 0.05) is 24.2 Å². The van der Waals surface area contributed by atoms with E-state index in [1.165, 1.54) is 0 Å². The minimum absolute atomic E-state index is 0.0125. The van der Waals surface area contributed by atoms with Crippen LogP contribution in [0.3, 0.4) is 0 Å². The monoisotopic (exact) mass is 513 g/mol. The SMILES string of the molecule is CCCCCNC(=O)c1ccc(CNc2c(Cl)ccc3c2CCNCC32OC(=O)CCC(=O)O2)cc1. The Hall–Kier alpha value is -3.10. The third-order valence-corrected chi connectivity index (χ3v) is 6.74. The van der Waals surface area contributed by atoms with E-state index in [2.05, 4.69) is 22.9 Å². The van der Waals surface area contributed by atoms with Crippen molar-refractivity contribution in [2.45, 2.75) is 57.8 Å². The Balaban J connectivity index is 1.51. The van der Waals surface area contributed by atoms with Crippen molar-refractivity contribution in [1.29, 1.82) is 0 Å². The number of fused-ring (bicyclic) bond motifs is 2. The smallest absolute Gasteiger partial charge is 0.309 e. The summed E-state index contributed by atoms with van der Waals surface area (Å²) in [4.78, 5) is 36.9. The number of anilines is 1. The Morgan fingerprint density at radius 1 is 1.03 bits per heavy atom. The Morgan fingerprint density at radius 2 is 1.75 bits per heavy atom. The lowest BCUT2D eigenvalue weighted by molar-refractivity contribution is -0.225. The van der Waals surface area contributed by atoms with E-state index in [0.29, 0.717) is 47.9 Å². The summed E-state index contributed by atoms with van der Waals surface area (Å²) in [5, 5.41) is 10.1. The molecule has 36 heavy (non-hydrogen) atoms. The molecule has 0 bridgehead atoms. The molecule has 1 fully saturated rings. The second-order valence-electron chi connectivity index (χ2n) is 9.09. The molecule has 9 heteroatoms. The number of rotatable bonds is 8. The van der Waals surface area contributed by atoms with Gasteiger partial charge in [-0.15, -0.1) is 0 Å².